The van der Waals surface area contributed by atoms with Crippen LogP contribution in [0.5, 0.6) is 11.8 Å². The molecule has 0 amide bonds. The number of ether oxygens (including phenoxy) is 1. The lowest BCUT2D eigenvalue weighted by molar-refractivity contribution is 0.407. The van der Waals surface area contributed by atoms with Gasteiger partial charge in [0.2, 0.25) is 0 Å². The topological polar surface area (TPSA) is 98.0 Å². The Labute approximate surface area is 201 Å². The molecule has 0 atom stereocenters. The highest BCUT2D eigenvalue weighted by Gasteiger charge is 2.18. The molecule has 1 aromatic carbocycles. The number of rotatable bonds is 9. The minimum absolute atomic E-state index is 0.0864. The molecule has 9 nitrogen and oxygen atoms in total. The maximum Gasteiger partial charge on any atom is 0.326 e. The minimum Gasteiger partial charge on any atom is -0.421 e. The van der Waals surface area contributed by atoms with Gasteiger partial charge in [-0.2, -0.15) is 15.1 Å². The molecule has 0 spiro atoms. The third kappa shape index (κ3) is 5.57. The summed E-state index contributed by atoms with van der Waals surface area (Å²) in [6, 6.07) is 5.94. The van der Waals surface area contributed by atoms with E-state index < -0.39 is 11.6 Å². The number of aromatic nitrogens is 5. The van der Waals surface area contributed by atoms with E-state index in [0.29, 0.717) is 29.7 Å². The van der Waals surface area contributed by atoms with Gasteiger partial charge in [-0.15, -0.1) is 0 Å². The first-order valence-electron chi connectivity index (χ1n) is 11.1. The van der Waals surface area contributed by atoms with Crippen LogP contribution in [0.15, 0.2) is 30.3 Å². The summed E-state index contributed by atoms with van der Waals surface area (Å²) in [7, 11) is 5.84. The summed E-state index contributed by atoms with van der Waals surface area (Å²) < 4.78 is 35.4. The van der Waals surface area contributed by atoms with Gasteiger partial charge in [0.1, 0.15) is 11.6 Å². The van der Waals surface area contributed by atoms with Crippen molar-refractivity contribution in [2.45, 2.75) is 13.8 Å². The molecule has 0 saturated heterocycles. The number of benzene rings is 1. The first-order valence-corrected chi connectivity index (χ1v) is 11.1. The molecule has 0 radical (unpaired) electrons. The summed E-state index contributed by atoms with van der Waals surface area (Å²) >= 11 is 0. The Bertz CT molecular complexity index is 1360. The molecular weight excluding hydrogens is 454 g/mol. The Morgan fingerprint density at radius 1 is 1.06 bits per heavy atom. The second-order valence-electron chi connectivity index (χ2n) is 8.47. The zero-order valence-electron chi connectivity index (χ0n) is 20.3. The molecule has 0 saturated carbocycles. The van der Waals surface area contributed by atoms with Crippen LogP contribution in [0.4, 0.5) is 26.2 Å². The molecule has 0 aliphatic rings. The summed E-state index contributed by atoms with van der Waals surface area (Å²) in [5.74, 6) is -0.161. The van der Waals surface area contributed by atoms with Gasteiger partial charge in [-0.25, -0.2) is 8.78 Å². The molecule has 0 aliphatic heterocycles. The molecule has 35 heavy (non-hydrogen) atoms. The normalized spacial score (nSPS) is 11.7. The van der Waals surface area contributed by atoms with Crippen LogP contribution < -0.4 is 15.0 Å². The zero-order chi connectivity index (χ0) is 25.1. The third-order valence-electron chi connectivity index (χ3n) is 5.27. The van der Waals surface area contributed by atoms with E-state index in [2.05, 4.69) is 30.5 Å². The lowest BCUT2D eigenvalue weighted by atomic mass is 10.2. The number of H-pyrrole nitrogens is 2. The Balaban J connectivity index is 1.69. The number of aromatic amines is 2. The van der Waals surface area contributed by atoms with Crippen LogP contribution in [0.3, 0.4) is 0 Å². The molecular formula is C24H28F2N8O. The van der Waals surface area contributed by atoms with E-state index in [0.717, 1.165) is 18.3 Å². The summed E-state index contributed by atoms with van der Waals surface area (Å²) in [6.45, 7) is 5.10. The molecule has 3 N–H and O–H groups in total. The number of nitrogens with one attached hydrogen (secondary N) is 3. The van der Waals surface area contributed by atoms with Crippen LogP contribution in [0.2, 0.25) is 0 Å². The minimum atomic E-state index is -0.696. The van der Waals surface area contributed by atoms with E-state index in [-0.39, 0.29) is 22.7 Å². The second kappa shape index (κ2) is 10.1. The number of fused-ring (bicyclic) bond motifs is 1. The van der Waals surface area contributed by atoms with Crippen molar-refractivity contribution < 1.29 is 13.5 Å². The number of hydrogen-bond acceptors (Lipinski definition) is 7. The first-order chi connectivity index (χ1) is 16.7. The Morgan fingerprint density at radius 3 is 2.60 bits per heavy atom. The Morgan fingerprint density at radius 2 is 1.86 bits per heavy atom. The van der Waals surface area contributed by atoms with E-state index in [1.165, 1.54) is 6.07 Å². The van der Waals surface area contributed by atoms with Crippen LogP contribution in [0.25, 0.3) is 17.0 Å². The van der Waals surface area contributed by atoms with Gasteiger partial charge in [-0.05, 0) is 40.1 Å². The van der Waals surface area contributed by atoms with Crippen molar-refractivity contribution in [1.29, 1.82) is 0 Å². The molecule has 184 valence electrons. The van der Waals surface area contributed by atoms with E-state index in [1.807, 2.05) is 56.1 Å². The molecule has 0 aliphatic carbocycles. The number of halogens is 2. The average molecular weight is 483 g/mol. The number of likely N-dealkylation sites (N-methyl/N-ethyl adjacent to an activating group) is 2. The molecule has 3 aromatic heterocycles. The summed E-state index contributed by atoms with van der Waals surface area (Å²) in [5.41, 5.74) is 1.54. The summed E-state index contributed by atoms with van der Waals surface area (Å²) in [4.78, 5) is 15.6. The fourth-order valence-electron chi connectivity index (χ4n) is 3.49. The Hall–Kier alpha value is -3.99. The van der Waals surface area contributed by atoms with Gasteiger partial charge in [0.15, 0.2) is 23.2 Å². The van der Waals surface area contributed by atoms with Crippen molar-refractivity contribution in [3.05, 3.63) is 53.4 Å². The molecule has 0 bridgehead atoms. The maximum atomic E-state index is 15.1. The molecule has 0 unspecified atom stereocenters. The zero-order valence-corrected chi connectivity index (χ0v) is 20.3. The number of hydrogen-bond donors (Lipinski definition) is 3. The highest BCUT2D eigenvalue weighted by molar-refractivity contribution is 5.83. The lowest BCUT2D eigenvalue weighted by Crippen LogP contribution is -2.29. The largest absolute Gasteiger partial charge is 0.421 e. The molecule has 0 fully saturated rings. The van der Waals surface area contributed by atoms with Gasteiger partial charge >= 0.3 is 6.01 Å². The lowest BCUT2D eigenvalue weighted by Gasteiger charge is -2.21. The van der Waals surface area contributed by atoms with Crippen molar-refractivity contribution >= 4 is 34.4 Å². The van der Waals surface area contributed by atoms with Gasteiger partial charge < -0.3 is 24.8 Å². The number of anilines is 3. The SMILES string of the molecule is C/C=C/c1cc(Nc2cc(N(C)CCN(C)C)nc(Oc3cc(F)c4[nH]c(C)cc4c3F)n2)n[nH]1. The van der Waals surface area contributed by atoms with Crippen LogP contribution in [-0.2, 0) is 0 Å². The van der Waals surface area contributed by atoms with Gasteiger partial charge in [0, 0.05) is 49.4 Å². The summed E-state index contributed by atoms with van der Waals surface area (Å²) in [5, 5.41) is 10.3. The number of allylic oxidation sites excluding steroid dienone is 1. The van der Waals surface area contributed by atoms with Crippen LogP contribution in [-0.4, -0.2) is 64.3 Å². The van der Waals surface area contributed by atoms with E-state index in [1.54, 1.807) is 13.0 Å². The highest BCUT2D eigenvalue weighted by atomic mass is 19.1. The highest BCUT2D eigenvalue weighted by Crippen LogP contribution is 2.32. The quantitative estimate of drug-likeness (QED) is 0.314. The van der Waals surface area contributed by atoms with Crippen molar-refractivity contribution in [3.8, 4) is 11.8 Å². The molecule has 11 heteroatoms. The molecule has 4 aromatic rings. The maximum absolute atomic E-state index is 15.1. The van der Waals surface area contributed by atoms with Crippen molar-refractivity contribution in [1.82, 2.24) is 30.0 Å². The third-order valence-corrected chi connectivity index (χ3v) is 5.27. The van der Waals surface area contributed by atoms with Gasteiger partial charge in [-0.1, -0.05) is 6.08 Å². The van der Waals surface area contributed by atoms with Gasteiger partial charge in [0.25, 0.3) is 0 Å². The monoisotopic (exact) mass is 482 g/mol. The summed E-state index contributed by atoms with van der Waals surface area (Å²) in [6.07, 6.45) is 3.77. The van der Waals surface area contributed by atoms with E-state index in [4.69, 9.17) is 4.74 Å². The van der Waals surface area contributed by atoms with Crippen LogP contribution >= 0.6 is 0 Å². The van der Waals surface area contributed by atoms with Crippen molar-refractivity contribution in [2.24, 2.45) is 0 Å². The molecule has 4 rings (SSSR count). The van der Waals surface area contributed by atoms with Crippen molar-refractivity contribution in [3.63, 3.8) is 0 Å². The number of aryl methyl sites for hydroxylation is 1. The van der Waals surface area contributed by atoms with Crippen LogP contribution in [0.1, 0.15) is 18.3 Å². The van der Waals surface area contributed by atoms with Gasteiger partial charge in [0.05, 0.1) is 11.2 Å². The second-order valence-corrected chi connectivity index (χ2v) is 8.47. The predicted octanol–water partition coefficient (Wildman–Crippen LogP) is 4.83. The fourth-order valence-corrected chi connectivity index (χ4v) is 3.49. The smallest absolute Gasteiger partial charge is 0.326 e. The van der Waals surface area contributed by atoms with Gasteiger partial charge in [-0.3, -0.25) is 5.10 Å². The fraction of sp³-hybridized carbons (Fsp3) is 0.292. The standard InChI is InChI=1S/C24H28F2N8O/c1-6-7-15-11-20(32-31-15)28-19-13-21(34(5)9-8-33(3)4)30-24(29-19)35-18-12-17(25)23-16(22(18)26)10-14(2)27-23/h6-7,10-13,27H,8-9H2,1-5H3,(H2,28,29,30,31,32)/b7-6+. The number of nitrogens with zero attached hydrogens (tertiary/aromatic N) is 5. The first kappa shape index (κ1) is 24.1. The van der Waals surface area contributed by atoms with E-state index >= 15 is 4.39 Å². The van der Waals surface area contributed by atoms with Crippen LogP contribution in [0, 0.1) is 18.6 Å². The van der Waals surface area contributed by atoms with Crippen molar-refractivity contribution in [2.75, 3.05) is 44.4 Å². The Kier molecular flexibility index (Phi) is 6.97. The predicted molar refractivity (Wildman–Crippen MR) is 133 cm³/mol. The molecule has 3 heterocycles. The van der Waals surface area contributed by atoms with E-state index in [9.17, 15) is 4.39 Å². The average Bonchev–Trinajstić information content (AvgIpc) is 3.42.